The van der Waals surface area contributed by atoms with Gasteiger partial charge in [-0.05, 0) is 57.5 Å². The van der Waals surface area contributed by atoms with Crippen LogP contribution < -0.4 is 15.5 Å². The maximum Gasteiger partial charge on any atom is 0.309 e. The first kappa shape index (κ1) is 19.2. The van der Waals surface area contributed by atoms with Crippen LogP contribution in [0.2, 0.25) is 0 Å². The molecule has 1 aliphatic heterocycles. The van der Waals surface area contributed by atoms with Crippen molar-refractivity contribution in [3.8, 4) is 0 Å². The maximum atomic E-state index is 12.0. The standard InChI is InChI=1S/C19H30N4O2/c1-14(2)21-19(25)18(24)20-13-17(23-11-5-6-12-23)15-7-9-16(10-8-15)22(3)4/h7-10,14,17H,5-6,11-13H2,1-4H3,(H,20,24)(H,21,25). The normalized spacial score (nSPS) is 15.9. The Labute approximate surface area is 150 Å². The highest BCUT2D eigenvalue weighted by Crippen LogP contribution is 2.26. The van der Waals surface area contributed by atoms with Gasteiger partial charge in [0.15, 0.2) is 0 Å². The fourth-order valence-corrected chi connectivity index (χ4v) is 3.10. The molecule has 1 saturated heterocycles. The Hall–Kier alpha value is -2.08. The zero-order valence-corrected chi connectivity index (χ0v) is 15.7. The highest BCUT2D eigenvalue weighted by Gasteiger charge is 2.25. The summed E-state index contributed by atoms with van der Waals surface area (Å²) in [7, 11) is 4.03. The quantitative estimate of drug-likeness (QED) is 0.767. The van der Waals surface area contributed by atoms with Gasteiger partial charge in [0.2, 0.25) is 0 Å². The summed E-state index contributed by atoms with van der Waals surface area (Å²) in [6.07, 6.45) is 2.35. The molecule has 1 fully saturated rings. The molecule has 0 radical (unpaired) electrons. The Bertz CT molecular complexity index is 578. The summed E-state index contributed by atoms with van der Waals surface area (Å²) < 4.78 is 0. The van der Waals surface area contributed by atoms with E-state index in [2.05, 4.69) is 44.7 Å². The lowest BCUT2D eigenvalue weighted by Crippen LogP contribution is -2.45. The Morgan fingerprint density at radius 1 is 1.08 bits per heavy atom. The van der Waals surface area contributed by atoms with Gasteiger partial charge in [-0.1, -0.05) is 12.1 Å². The summed E-state index contributed by atoms with van der Waals surface area (Å²) in [6.45, 7) is 6.16. The van der Waals surface area contributed by atoms with Gasteiger partial charge in [-0.15, -0.1) is 0 Å². The van der Waals surface area contributed by atoms with Crippen LogP contribution in [0.1, 0.15) is 38.3 Å². The number of nitrogens with one attached hydrogen (secondary N) is 2. The van der Waals surface area contributed by atoms with E-state index >= 15 is 0 Å². The lowest BCUT2D eigenvalue weighted by atomic mass is 10.0. The van der Waals surface area contributed by atoms with Crippen molar-refractivity contribution in [2.24, 2.45) is 0 Å². The van der Waals surface area contributed by atoms with Crippen molar-refractivity contribution in [2.45, 2.75) is 38.8 Å². The molecular formula is C19H30N4O2. The largest absolute Gasteiger partial charge is 0.378 e. The minimum Gasteiger partial charge on any atom is -0.378 e. The molecule has 0 aromatic heterocycles. The number of hydrogen-bond donors (Lipinski definition) is 2. The average Bonchev–Trinajstić information content (AvgIpc) is 3.09. The minimum atomic E-state index is -0.571. The van der Waals surface area contributed by atoms with Crippen LogP contribution in [-0.4, -0.2) is 56.5 Å². The van der Waals surface area contributed by atoms with E-state index in [1.165, 1.54) is 12.8 Å². The average molecular weight is 346 g/mol. The minimum absolute atomic E-state index is 0.0498. The number of likely N-dealkylation sites (tertiary alicyclic amines) is 1. The summed E-state index contributed by atoms with van der Waals surface area (Å²) in [6, 6.07) is 8.44. The molecule has 0 aliphatic carbocycles. The first-order valence-corrected chi connectivity index (χ1v) is 8.98. The summed E-state index contributed by atoms with van der Waals surface area (Å²) in [5, 5.41) is 5.42. The zero-order valence-electron chi connectivity index (χ0n) is 15.7. The van der Waals surface area contributed by atoms with E-state index < -0.39 is 11.8 Å². The highest BCUT2D eigenvalue weighted by atomic mass is 16.2. The zero-order chi connectivity index (χ0) is 18.4. The van der Waals surface area contributed by atoms with E-state index in [4.69, 9.17) is 0 Å². The van der Waals surface area contributed by atoms with E-state index in [1.807, 2.05) is 27.9 Å². The third-order valence-corrected chi connectivity index (χ3v) is 4.46. The van der Waals surface area contributed by atoms with Gasteiger partial charge < -0.3 is 15.5 Å². The van der Waals surface area contributed by atoms with Crippen molar-refractivity contribution in [3.63, 3.8) is 0 Å². The predicted octanol–water partition coefficient (Wildman–Crippen LogP) is 1.53. The second-order valence-electron chi connectivity index (χ2n) is 7.08. The van der Waals surface area contributed by atoms with E-state index in [9.17, 15) is 9.59 Å². The number of carbonyl (C=O) groups excluding carboxylic acids is 2. The van der Waals surface area contributed by atoms with Gasteiger partial charge in [-0.3, -0.25) is 14.5 Å². The molecule has 1 unspecified atom stereocenters. The third kappa shape index (κ3) is 5.46. The van der Waals surface area contributed by atoms with Crippen LogP contribution in [0.4, 0.5) is 5.69 Å². The van der Waals surface area contributed by atoms with Crippen molar-refractivity contribution in [1.29, 1.82) is 0 Å². The molecule has 2 rings (SSSR count). The molecule has 1 aliphatic rings. The monoisotopic (exact) mass is 346 g/mol. The number of carbonyl (C=O) groups is 2. The van der Waals surface area contributed by atoms with Crippen molar-refractivity contribution >= 4 is 17.5 Å². The molecule has 1 aromatic carbocycles. The first-order valence-electron chi connectivity index (χ1n) is 8.98. The molecule has 2 amide bonds. The van der Waals surface area contributed by atoms with Gasteiger partial charge >= 0.3 is 11.8 Å². The lowest BCUT2D eigenvalue weighted by molar-refractivity contribution is -0.139. The van der Waals surface area contributed by atoms with Crippen molar-refractivity contribution < 1.29 is 9.59 Å². The Morgan fingerprint density at radius 3 is 2.20 bits per heavy atom. The van der Waals surface area contributed by atoms with Gasteiger partial charge in [-0.2, -0.15) is 0 Å². The van der Waals surface area contributed by atoms with Crippen LogP contribution in [-0.2, 0) is 9.59 Å². The molecule has 138 valence electrons. The van der Waals surface area contributed by atoms with E-state index in [0.717, 1.165) is 24.3 Å². The predicted molar refractivity (Wildman–Crippen MR) is 101 cm³/mol. The van der Waals surface area contributed by atoms with Crippen LogP contribution in [0.5, 0.6) is 0 Å². The van der Waals surface area contributed by atoms with Crippen LogP contribution in [0, 0.1) is 0 Å². The van der Waals surface area contributed by atoms with Gasteiger partial charge in [0.05, 0.1) is 6.04 Å². The molecule has 1 aromatic rings. The van der Waals surface area contributed by atoms with Gasteiger partial charge in [0.25, 0.3) is 0 Å². The molecule has 6 heteroatoms. The highest BCUT2D eigenvalue weighted by molar-refractivity contribution is 6.35. The third-order valence-electron chi connectivity index (χ3n) is 4.46. The fraction of sp³-hybridized carbons (Fsp3) is 0.579. The Morgan fingerprint density at radius 2 is 1.68 bits per heavy atom. The summed E-state index contributed by atoms with van der Waals surface area (Å²) in [4.78, 5) is 28.3. The number of hydrogen-bond acceptors (Lipinski definition) is 4. The number of rotatable bonds is 6. The molecule has 0 saturated carbocycles. The van der Waals surface area contributed by atoms with Gasteiger partial charge in [0, 0.05) is 32.4 Å². The van der Waals surface area contributed by atoms with Gasteiger partial charge in [-0.25, -0.2) is 0 Å². The van der Waals surface area contributed by atoms with Crippen molar-refractivity contribution in [3.05, 3.63) is 29.8 Å². The molecular weight excluding hydrogens is 316 g/mol. The molecule has 25 heavy (non-hydrogen) atoms. The number of nitrogens with zero attached hydrogens (tertiary/aromatic N) is 2. The molecule has 1 heterocycles. The first-order chi connectivity index (χ1) is 11.9. The van der Waals surface area contributed by atoms with E-state index in [1.54, 1.807) is 0 Å². The molecule has 0 bridgehead atoms. The topological polar surface area (TPSA) is 64.7 Å². The molecule has 1 atom stereocenters. The van der Waals surface area contributed by atoms with E-state index in [-0.39, 0.29) is 12.1 Å². The van der Waals surface area contributed by atoms with Crippen LogP contribution in [0.25, 0.3) is 0 Å². The van der Waals surface area contributed by atoms with Crippen molar-refractivity contribution in [2.75, 3.05) is 38.6 Å². The Kier molecular flexibility index (Phi) is 6.82. The lowest BCUT2D eigenvalue weighted by Gasteiger charge is -2.28. The SMILES string of the molecule is CC(C)NC(=O)C(=O)NCC(c1ccc(N(C)C)cc1)N1CCCC1. The van der Waals surface area contributed by atoms with Crippen LogP contribution in [0.15, 0.2) is 24.3 Å². The fourth-order valence-electron chi connectivity index (χ4n) is 3.10. The van der Waals surface area contributed by atoms with E-state index in [0.29, 0.717) is 6.54 Å². The number of benzene rings is 1. The van der Waals surface area contributed by atoms with Crippen LogP contribution >= 0.6 is 0 Å². The Balaban J connectivity index is 2.06. The summed E-state index contributed by atoms with van der Waals surface area (Å²) in [5.41, 5.74) is 2.31. The van der Waals surface area contributed by atoms with Gasteiger partial charge in [0.1, 0.15) is 0 Å². The summed E-state index contributed by atoms with van der Waals surface area (Å²) >= 11 is 0. The maximum absolute atomic E-state index is 12.0. The molecule has 0 spiro atoms. The van der Waals surface area contributed by atoms with Crippen LogP contribution in [0.3, 0.4) is 0 Å². The number of anilines is 1. The smallest absolute Gasteiger partial charge is 0.309 e. The second-order valence-corrected chi connectivity index (χ2v) is 7.08. The second kappa shape index (κ2) is 8.85. The summed E-state index contributed by atoms with van der Waals surface area (Å²) in [5.74, 6) is -1.14. The molecule has 6 nitrogen and oxygen atoms in total. The van der Waals surface area contributed by atoms with Crippen molar-refractivity contribution in [1.82, 2.24) is 15.5 Å². The molecule has 2 N–H and O–H groups in total. The number of amides is 2.